The number of fused-ring (bicyclic) bond motifs is 3. The second-order valence-electron chi connectivity index (χ2n) is 12.2. The summed E-state index contributed by atoms with van der Waals surface area (Å²) in [4.78, 5) is 0. The molecule has 3 aliphatic rings. The molecule has 1 aliphatic heterocycles. The third-order valence-electron chi connectivity index (χ3n) is 8.10. The zero-order chi connectivity index (χ0) is 22.2. The Balaban J connectivity index is 0.00000153. The summed E-state index contributed by atoms with van der Waals surface area (Å²) in [6, 6.07) is 14.9. The van der Waals surface area contributed by atoms with Gasteiger partial charge in [-0.3, -0.25) is 0 Å². The van der Waals surface area contributed by atoms with Gasteiger partial charge in [-0.15, -0.1) is 0 Å². The molecule has 176 valence electrons. The largest absolute Gasteiger partial charge is 1.00 e. The predicted molar refractivity (Wildman–Crippen MR) is 132 cm³/mol. The van der Waals surface area contributed by atoms with Crippen molar-refractivity contribution in [3.8, 4) is 11.1 Å². The molecule has 0 spiro atoms. The Morgan fingerprint density at radius 2 is 1.27 bits per heavy atom. The summed E-state index contributed by atoms with van der Waals surface area (Å²) >= 11 is -2.46. The third kappa shape index (κ3) is 4.41. The minimum atomic E-state index is -2.46. The van der Waals surface area contributed by atoms with Crippen LogP contribution in [0.2, 0.25) is 8.26 Å². The van der Waals surface area contributed by atoms with Crippen molar-refractivity contribution in [1.82, 2.24) is 0 Å². The molecule has 2 aromatic carbocycles. The first-order valence-corrected chi connectivity index (χ1v) is 18.4. The van der Waals surface area contributed by atoms with Crippen LogP contribution in [-0.2, 0) is 31.1 Å². The maximum atomic E-state index is 2.61. The smallest absolute Gasteiger partial charge is 1.00 e. The van der Waals surface area contributed by atoms with E-state index in [-0.39, 0.29) is 35.6 Å². The molecule has 2 aromatic rings. The minimum Gasteiger partial charge on any atom is -1.00 e. The van der Waals surface area contributed by atoms with Crippen molar-refractivity contribution in [2.45, 2.75) is 84.0 Å². The second kappa shape index (κ2) is 9.11. The van der Waals surface area contributed by atoms with Gasteiger partial charge in [0.05, 0.1) is 0 Å². The van der Waals surface area contributed by atoms with Gasteiger partial charge in [0.25, 0.3) is 0 Å². The normalized spacial score (nSPS) is 17.5. The fourth-order valence-corrected chi connectivity index (χ4v) is 22.0. The summed E-state index contributed by atoms with van der Waals surface area (Å²) in [7, 11) is 0. The molecule has 3 heteroatoms. The molecule has 0 atom stereocenters. The van der Waals surface area contributed by atoms with Crippen molar-refractivity contribution in [2.75, 3.05) is 0 Å². The minimum absolute atomic E-state index is 0. The second-order valence-corrected chi connectivity index (χ2v) is 23.2. The van der Waals surface area contributed by atoms with Crippen LogP contribution in [0.15, 0.2) is 57.4 Å². The Labute approximate surface area is 218 Å². The number of hydrogen-bond donors (Lipinski definition) is 0. The van der Waals surface area contributed by atoms with Gasteiger partial charge in [-0.25, -0.2) is 0 Å². The maximum absolute atomic E-state index is 2.61. The zero-order valence-corrected chi connectivity index (χ0v) is 25.3. The van der Waals surface area contributed by atoms with Crippen molar-refractivity contribution < 1.29 is 45.1 Å². The maximum Gasteiger partial charge on any atom is -1.00 e. The van der Waals surface area contributed by atoms with E-state index in [1.807, 2.05) is 3.28 Å². The number of hydrogen-bond acceptors (Lipinski definition) is 0. The van der Waals surface area contributed by atoms with Gasteiger partial charge in [-0.05, 0) is 0 Å². The van der Waals surface area contributed by atoms with Gasteiger partial charge in [0, 0.05) is 0 Å². The van der Waals surface area contributed by atoms with Crippen LogP contribution in [0.1, 0.15) is 87.2 Å². The van der Waals surface area contributed by atoms with Gasteiger partial charge in [-0.2, -0.15) is 0 Å². The first-order valence-electron chi connectivity index (χ1n) is 12.2. The molecule has 0 nitrogen and oxygen atoms in total. The van der Waals surface area contributed by atoms with Gasteiger partial charge in [0.1, 0.15) is 0 Å². The van der Waals surface area contributed by atoms with Gasteiger partial charge < -0.3 is 24.8 Å². The molecule has 1 heterocycles. The molecule has 0 aromatic heterocycles. The Hall–Kier alpha value is -0.617. The fraction of sp³-hybridized carbons (Fsp3) is 0.467. The quantitative estimate of drug-likeness (QED) is 0.542. The summed E-state index contributed by atoms with van der Waals surface area (Å²) < 4.78 is 5.74. The Bertz CT molecular complexity index is 1060. The molecule has 0 amide bonds. The summed E-state index contributed by atoms with van der Waals surface area (Å²) in [5, 5.41) is 0. The van der Waals surface area contributed by atoms with Gasteiger partial charge >= 0.3 is 195 Å². The molecule has 5 rings (SSSR count). The van der Waals surface area contributed by atoms with Crippen LogP contribution in [0.25, 0.3) is 11.1 Å². The average molecular weight is 561 g/mol. The SMILES string of the molecule is CCC1=[C]([Zr+2]2([CH]3c4cc(C(C)(C)C)ccc4-c4ccc(C(C)(C)C)cc43)[CH2][CH2]2)CC=C1.[Cl-].[Cl-]. The molecule has 1 saturated heterocycles. The molecule has 0 bridgehead atoms. The van der Waals surface area contributed by atoms with Crippen molar-refractivity contribution in [3.63, 3.8) is 0 Å². The summed E-state index contributed by atoms with van der Waals surface area (Å²) in [6.07, 6.45) is 7.37. The van der Waals surface area contributed by atoms with Crippen LogP contribution in [0.5, 0.6) is 0 Å². The Morgan fingerprint density at radius 3 is 1.67 bits per heavy atom. The number of benzene rings is 2. The molecule has 0 N–H and O–H groups in total. The van der Waals surface area contributed by atoms with Gasteiger partial charge in [0.2, 0.25) is 0 Å². The van der Waals surface area contributed by atoms with E-state index in [0.717, 1.165) is 0 Å². The van der Waals surface area contributed by atoms with Crippen molar-refractivity contribution >= 4 is 0 Å². The zero-order valence-electron chi connectivity index (χ0n) is 21.3. The fourth-order valence-electron chi connectivity index (χ4n) is 6.09. The van der Waals surface area contributed by atoms with Crippen LogP contribution >= 0.6 is 0 Å². The van der Waals surface area contributed by atoms with Crippen LogP contribution in [0, 0.1) is 0 Å². The number of halogens is 2. The van der Waals surface area contributed by atoms with E-state index in [1.54, 1.807) is 16.7 Å². The van der Waals surface area contributed by atoms with E-state index in [1.165, 1.54) is 43.4 Å². The van der Waals surface area contributed by atoms with E-state index in [9.17, 15) is 0 Å². The Kier molecular flexibility index (Phi) is 7.45. The first-order chi connectivity index (χ1) is 14.6. The molecule has 0 radical (unpaired) electrons. The molecule has 2 aliphatic carbocycles. The van der Waals surface area contributed by atoms with E-state index >= 15 is 0 Å². The third-order valence-corrected chi connectivity index (χ3v) is 20.5. The van der Waals surface area contributed by atoms with Crippen LogP contribution < -0.4 is 24.8 Å². The Morgan fingerprint density at radius 1 is 0.788 bits per heavy atom. The van der Waals surface area contributed by atoms with Gasteiger partial charge in [0.15, 0.2) is 0 Å². The van der Waals surface area contributed by atoms with Crippen LogP contribution in [-0.4, -0.2) is 0 Å². The van der Waals surface area contributed by atoms with Gasteiger partial charge in [-0.1, -0.05) is 0 Å². The number of allylic oxidation sites excluding steroid dienone is 4. The molecule has 1 fully saturated rings. The van der Waals surface area contributed by atoms with E-state index < -0.39 is 20.3 Å². The predicted octanol–water partition coefficient (Wildman–Crippen LogP) is 2.99. The topological polar surface area (TPSA) is 0 Å². The average Bonchev–Trinajstić information content (AvgIpc) is 3.22. The molecule has 0 unspecified atom stereocenters. The van der Waals surface area contributed by atoms with E-state index in [0.29, 0.717) is 3.63 Å². The van der Waals surface area contributed by atoms with Crippen molar-refractivity contribution in [3.05, 3.63) is 79.7 Å². The van der Waals surface area contributed by atoms with Crippen LogP contribution in [0.3, 0.4) is 0 Å². The van der Waals surface area contributed by atoms with Crippen LogP contribution in [0.4, 0.5) is 0 Å². The van der Waals surface area contributed by atoms with E-state index in [4.69, 9.17) is 0 Å². The first kappa shape index (κ1) is 27.0. The summed E-state index contributed by atoms with van der Waals surface area (Å²) in [5.41, 5.74) is 11.5. The van der Waals surface area contributed by atoms with Crippen molar-refractivity contribution in [2.24, 2.45) is 0 Å². The molecule has 0 saturated carbocycles. The summed E-state index contributed by atoms with van der Waals surface area (Å²) in [6.45, 7) is 16.5. The molecule has 33 heavy (non-hydrogen) atoms. The monoisotopic (exact) mass is 558 g/mol. The molecular formula is C30H38Cl2Zr. The molecular weight excluding hydrogens is 522 g/mol. The standard InChI is InChI=1S/C21H25.C7H9.C2H4.2ClH.Zr/c1-20(2,3)16-7-9-18-14(12-16)11-15-13-17(21(4,5)6)8-10-19(15)18;1-2-7-5-3-4-6-7;1-2;;;/h7-13H,1-6H3;3,5H,2,4H2,1H3;1-2H2;2*1H;/q;;;;;+2/p-2. The number of rotatable bonds is 3. The summed E-state index contributed by atoms with van der Waals surface area (Å²) in [5.74, 6) is 0. The van der Waals surface area contributed by atoms with Crippen molar-refractivity contribution in [1.29, 1.82) is 0 Å². The van der Waals surface area contributed by atoms with E-state index in [2.05, 4.69) is 97.0 Å².